The largest absolute Gasteiger partial charge is 0.0622 e. The van der Waals surface area contributed by atoms with Crippen LogP contribution in [-0.2, 0) is 12.8 Å². The van der Waals surface area contributed by atoms with Crippen LogP contribution in [-0.4, -0.2) is 0 Å². The minimum absolute atomic E-state index is 1.00. The molecule has 0 bridgehead atoms. The van der Waals surface area contributed by atoms with Gasteiger partial charge in [-0.15, -0.1) is 0 Å². The van der Waals surface area contributed by atoms with Crippen molar-refractivity contribution in [2.45, 2.75) is 26.7 Å². The molecule has 0 aliphatic carbocycles. The highest BCUT2D eigenvalue weighted by Gasteiger charge is 2.22. The van der Waals surface area contributed by atoms with Crippen LogP contribution in [0.25, 0.3) is 121 Å². The van der Waals surface area contributed by atoms with Crippen LogP contribution in [0.15, 0.2) is 243 Å². The second-order valence-electron chi connectivity index (χ2n) is 18.2. The lowest BCUT2D eigenvalue weighted by atomic mass is 9.81. The van der Waals surface area contributed by atoms with Gasteiger partial charge in [0.2, 0.25) is 0 Å². The van der Waals surface area contributed by atoms with Gasteiger partial charge in [-0.1, -0.05) is 208 Å². The number of hydrogen-bond acceptors (Lipinski definition) is 0. The van der Waals surface area contributed by atoms with Crippen molar-refractivity contribution in [2.24, 2.45) is 0 Å². The zero-order valence-electron chi connectivity index (χ0n) is 38.5. The van der Waals surface area contributed by atoms with Gasteiger partial charge in [0.1, 0.15) is 0 Å². The summed E-state index contributed by atoms with van der Waals surface area (Å²) < 4.78 is 0. The van der Waals surface area contributed by atoms with Crippen LogP contribution < -0.4 is 0 Å². The zero-order chi connectivity index (χ0) is 45.6. The van der Waals surface area contributed by atoms with Crippen molar-refractivity contribution in [3.05, 3.63) is 254 Å². The first-order chi connectivity index (χ1) is 33.6. The van der Waals surface area contributed by atoms with E-state index in [0.29, 0.717) is 0 Å². The molecule has 322 valence electrons. The summed E-state index contributed by atoms with van der Waals surface area (Å²) in [6.07, 6.45) is 2.00. The summed E-state index contributed by atoms with van der Waals surface area (Å²) in [6.45, 7) is 4.47. The normalized spacial score (nSPS) is 11.5. The third kappa shape index (κ3) is 7.45. The summed E-state index contributed by atoms with van der Waals surface area (Å²) in [5.74, 6) is 0. The highest BCUT2D eigenvalue weighted by Crippen LogP contribution is 2.50. The quantitative estimate of drug-likeness (QED) is 0.120. The van der Waals surface area contributed by atoms with E-state index in [-0.39, 0.29) is 0 Å². The van der Waals surface area contributed by atoms with Crippen molar-refractivity contribution < 1.29 is 0 Å². The van der Waals surface area contributed by atoms with Crippen LogP contribution in [0, 0.1) is 0 Å². The minimum Gasteiger partial charge on any atom is -0.0622 e. The van der Waals surface area contributed by atoms with E-state index >= 15 is 0 Å². The fraction of sp³-hybridized carbons (Fsp3) is 0.0588. The molecule has 0 spiro atoms. The van der Waals surface area contributed by atoms with Gasteiger partial charge < -0.3 is 0 Å². The van der Waals surface area contributed by atoms with Gasteiger partial charge in [0.25, 0.3) is 0 Å². The van der Waals surface area contributed by atoms with Gasteiger partial charge in [0, 0.05) is 0 Å². The first-order valence-corrected chi connectivity index (χ1v) is 24.1. The van der Waals surface area contributed by atoms with E-state index in [1.54, 1.807) is 0 Å². The van der Waals surface area contributed by atoms with E-state index in [4.69, 9.17) is 0 Å². The van der Waals surface area contributed by atoms with Crippen LogP contribution in [0.1, 0.15) is 25.0 Å². The Bertz CT molecular complexity index is 3370. The molecule has 0 heteroatoms. The lowest BCUT2D eigenvalue weighted by Gasteiger charge is -2.22. The van der Waals surface area contributed by atoms with Crippen molar-refractivity contribution in [1.29, 1.82) is 0 Å². The van der Waals surface area contributed by atoms with E-state index in [0.717, 1.165) is 12.8 Å². The molecule has 0 saturated carbocycles. The summed E-state index contributed by atoms with van der Waals surface area (Å²) >= 11 is 0. The second kappa shape index (κ2) is 17.5. The number of aryl methyl sites for hydroxylation is 2. The first-order valence-electron chi connectivity index (χ1n) is 24.1. The molecule has 0 aliphatic heterocycles. The SMILES string of the molecule is CCc1ccc(-c2cc(-c3cc(-c4ccccc4)cc(-c4ccccc4)c3)c3ccc4c(-c5ccc(CC)cc5)cc(-c5cc(-c6ccccc6)cc(-c6ccccc6)c5)c5ccc2c3c45)cc1. The zero-order valence-corrected chi connectivity index (χ0v) is 38.5. The summed E-state index contributed by atoms with van der Waals surface area (Å²) in [7, 11) is 0. The minimum atomic E-state index is 1.00. The van der Waals surface area contributed by atoms with E-state index in [1.165, 1.54) is 132 Å². The van der Waals surface area contributed by atoms with E-state index in [9.17, 15) is 0 Å². The Morgan fingerprint density at radius 2 is 0.456 bits per heavy atom. The second-order valence-corrected chi connectivity index (χ2v) is 18.2. The average molecular weight is 867 g/mol. The molecule has 12 aromatic carbocycles. The molecule has 0 aliphatic rings. The Kier molecular flexibility index (Phi) is 10.6. The summed E-state index contributed by atoms with van der Waals surface area (Å²) in [6, 6.07) is 90.8. The topological polar surface area (TPSA) is 0 Å². The Hall–Kier alpha value is -8.32. The molecular formula is C68H50. The molecule has 68 heavy (non-hydrogen) atoms. The highest BCUT2D eigenvalue weighted by molar-refractivity contribution is 6.32. The monoisotopic (exact) mass is 866 g/mol. The van der Waals surface area contributed by atoms with Crippen LogP contribution in [0.4, 0.5) is 0 Å². The third-order valence-corrected chi connectivity index (χ3v) is 14.2. The predicted molar refractivity (Wildman–Crippen MR) is 292 cm³/mol. The standard InChI is InChI=1S/C68H50/c1-3-45-25-29-51(30-26-45)63-43-65(57-39-53(47-17-9-5-10-18-47)37-54(40-57)48-19-11-6-12-20-48)61-36-34-60-64(52-31-27-46(4-2)28-32-52)44-66(62-35-33-59(63)67(61)68(60)62)58-41-55(49-21-13-7-14-22-49)38-56(42-58)50-23-15-8-16-24-50/h5-44H,3-4H2,1-2H3. The van der Waals surface area contributed by atoms with Crippen LogP contribution >= 0.6 is 0 Å². The van der Waals surface area contributed by atoms with Crippen LogP contribution in [0.3, 0.4) is 0 Å². The van der Waals surface area contributed by atoms with Gasteiger partial charge >= 0.3 is 0 Å². The van der Waals surface area contributed by atoms with Gasteiger partial charge in [-0.25, -0.2) is 0 Å². The smallest absolute Gasteiger partial charge is 0.00139 e. The molecule has 0 aromatic heterocycles. The van der Waals surface area contributed by atoms with E-state index in [2.05, 4.69) is 257 Å². The van der Waals surface area contributed by atoms with Crippen molar-refractivity contribution in [2.75, 3.05) is 0 Å². The molecule has 0 saturated heterocycles. The lowest BCUT2D eigenvalue weighted by Crippen LogP contribution is -1.95. The summed E-state index contributed by atoms with van der Waals surface area (Å²) in [5.41, 5.74) is 22.1. The van der Waals surface area contributed by atoms with Crippen molar-refractivity contribution >= 4 is 32.3 Å². The molecule has 0 N–H and O–H groups in total. The van der Waals surface area contributed by atoms with Gasteiger partial charge in [0.15, 0.2) is 0 Å². The number of hydrogen-bond donors (Lipinski definition) is 0. The van der Waals surface area contributed by atoms with Crippen LogP contribution in [0.2, 0.25) is 0 Å². The molecule has 0 nitrogen and oxygen atoms in total. The van der Waals surface area contributed by atoms with Crippen molar-refractivity contribution in [3.8, 4) is 89.0 Å². The first kappa shape index (κ1) is 41.1. The van der Waals surface area contributed by atoms with E-state index in [1.807, 2.05) is 0 Å². The highest BCUT2D eigenvalue weighted by atomic mass is 14.3. The Morgan fingerprint density at radius 1 is 0.206 bits per heavy atom. The van der Waals surface area contributed by atoms with Gasteiger partial charge in [0.05, 0.1) is 0 Å². The van der Waals surface area contributed by atoms with Gasteiger partial charge in [-0.05, 0) is 194 Å². The maximum Gasteiger partial charge on any atom is -0.00139 e. The molecule has 0 radical (unpaired) electrons. The molecule has 0 atom stereocenters. The third-order valence-electron chi connectivity index (χ3n) is 14.2. The maximum absolute atomic E-state index is 2.47. The fourth-order valence-corrected chi connectivity index (χ4v) is 10.5. The number of rotatable bonds is 10. The number of benzene rings is 12. The molecule has 0 amide bonds. The van der Waals surface area contributed by atoms with Crippen LogP contribution in [0.5, 0.6) is 0 Å². The molecule has 0 unspecified atom stereocenters. The van der Waals surface area contributed by atoms with Crippen molar-refractivity contribution in [1.82, 2.24) is 0 Å². The molecule has 0 heterocycles. The van der Waals surface area contributed by atoms with Gasteiger partial charge in [-0.2, -0.15) is 0 Å². The Morgan fingerprint density at radius 3 is 0.721 bits per heavy atom. The van der Waals surface area contributed by atoms with Crippen molar-refractivity contribution in [3.63, 3.8) is 0 Å². The Labute approximate surface area is 399 Å². The maximum atomic E-state index is 2.47. The van der Waals surface area contributed by atoms with Gasteiger partial charge in [-0.3, -0.25) is 0 Å². The molecule has 0 fully saturated rings. The Balaban J connectivity index is 1.21. The molecular weight excluding hydrogens is 817 g/mol. The summed E-state index contributed by atoms with van der Waals surface area (Å²) in [4.78, 5) is 0. The predicted octanol–water partition coefficient (Wildman–Crippen LogP) is 19.0. The molecule has 12 rings (SSSR count). The molecule has 12 aromatic rings. The summed E-state index contributed by atoms with van der Waals surface area (Å²) in [5, 5.41) is 7.64. The van der Waals surface area contributed by atoms with E-state index < -0.39 is 0 Å². The average Bonchev–Trinajstić information content (AvgIpc) is 3.42. The lowest BCUT2D eigenvalue weighted by molar-refractivity contribution is 1.14. The fourth-order valence-electron chi connectivity index (χ4n) is 10.5.